The first-order chi connectivity index (χ1) is 29.8. The van der Waals surface area contributed by atoms with E-state index in [1.54, 1.807) is 26.0 Å². The number of hydrogen-bond donors (Lipinski definition) is 2. The van der Waals surface area contributed by atoms with E-state index < -0.39 is 42.0 Å². The topological polar surface area (TPSA) is 124 Å². The standard InChI is InChI=1S/C53H61NO8/c1-7-54-27-26-34(4)46-43(32-55)42-24-25-44-47(48(42)60-52(46)58)49-50(53(5,6)62-44)61-51(57)41(33(2)3)23-22-35-16-18-38(19-17-35)30-40(31-45(56)59-49)21-20-37-14-11-15-39(29-37)28-36-12-9-8-10-13-36/h8-19,24-25,29,34,40,49-50,54-55H,7,20-23,26-28,30-32H2,1-6H3/t34-,40-,49+,50+/m1/s1. The molecule has 0 saturated heterocycles. The van der Waals surface area contributed by atoms with Gasteiger partial charge in [-0.15, -0.1) is 0 Å². The molecule has 0 aliphatic carbocycles. The molecule has 0 unspecified atom stereocenters. The van der Waals surface area contributed by atoms with Crippen LogP contribution in [0.15, 0.2) is 111 Å². The molecular weight excluding hydrogens is 779 g/mol. The molecule has 0 fully saturated rings. The van der Waals surface area contributed by atoms with Crippen LogP contribution in [0, 0.1) is 5.92 Å². The molecule has 2 bridgehead atoms. The summed E-state index contributed by atoms with van der Waals surface area (Å²) in [4.78, 5) is 42.9. The van der Waals surface area contributed by atoms with Crippen LogP contribution in [0.2, 0.25) is 0 Å². The zero-order chi connectivity index (χ0) is 44.0. The van der Waals surface area contributed by atoms with Gasteiger partial charge >= 0.3 is 17.6 Å². The molecule has 9 nitrogen and oxygen atoms in total. The van der Waals surface area contributed by atoms with E-state index in [1.807, 2.05) is 33.8 Å². The average molecular weight is 840 g/mol. The number of esters is 2. The van der Waals surface area contributed by atoms with Crippen molar-refractivity contribution in [2.24, 2.45) is 5.92 Å². The molecule has 0 saturated carbocycles. The van der Waals surface area contributed by atoms with Gasteiger partial charge < -0.3 is 29.1 Å². The van der Waals surface area contributed by atoms with Crippen molar-refractivity contribution in [3.8, 4) is 5.75 Å². The van der Waals surface area contributed by atoms with Crippen molar-refractivity contribution in [1.82, 2.24) is 5.32 Å². The van der Waals surface area contributed by atoms with Crippen molar-refractivity contribution < 1.29 is 33.3 Å². The maximum atomic E-state index is 14.6. The maximum Gasteiger partial charge on any atom is 0.340 e. The van der Waals surface area contributed by atoms with Gasteiger partial charge in [-0.3, -0.25) is 4.79 Å². The van der Waals surface area contributed by atoms with Gasteiger partial charge in [0.15, 0.2) is 12.2 Å². The number of rotatable bonds is 11. The van der Waals surface area contributed by atoms with Crippen LogP contribution >= 0.6 is 0 Å². The molecular formula is C53H61NO8. The van der Waals surface area contributed by atoms with Gasteiger partial charge in [0.2, 0.25) is 0 Å². The van der Waals surface area contributed by atoms with Crippen LogP contribution in [-0.2, 0) is 51.4 Å². The highest BCUT2D eigenvalue weighted by molar-refractivity contribution is 5.90. The van der Waals surface area contributed by atoms with Crippen LogP contribution in [-0.4, -0.2) is 41.8 Å². The number of aryl methyl sites for hydroxylation is 2. The molecule has 1 aromatic heterocycles. The predicted octanol–water partition coefficient (Wildman–Crippen LogP) is 9.81. The number of aliphatic hydroxyl groups is 1. The van der Waals surface area contributed by atoms with Gasteiger partial charge in [0.05, 0.1) is 12.2 Å². The van der Waals surface area contributed by atoms with Gasteiger partial charge in [0, 0.05) is 22.9 Å². The second-order valence-corrected chi connectivity index (χ2v) is 17.9. The molecule has 3 aliphatic rings. The first kappa shape index (κ1) is 44.5. The summed E-state index contributed by atoms with van der Waals surface area (Å²) in [5.41, 5.74) is 6.80. The summed E-state index contributed by atoms with van der Waals surface area (Å²) in [5, 5.41) is 14.6. The van der Waals surface area contributed by atoms with E-state index in [-0.39, 0.29) is 23.8 Å². The fourth-order valence-electron chi connectivity index (χ4n) is 9.18. The van der Waals surface area contributed by atoms with Gasteiger partial charge in [-0.2, -0.15) is 0 Å². The van der Waals surface area contributed by atoms with Crippen LogP contribution in [0.1, 0.15) is 124 Å². The Balaban J connectivity index is 1.28. The fraction of sp³-hybridized carbons (Fsp3) is 0.415. The number of nitrogens with one attached hydrogen (secondary N) is 1. The molecule has 0 radical (unpaired) electrons. The summed E-state index contributed by atoms with van der Waals surface area (Å²) in [7, 11) is 0. The second kappa shape index (κ2) is 19.7. The lowest BCUT2D eigenvalue weighted by molar-refractivity contribution is -0.188. The molecule has 9 heteroatoms. The third kappa shape index (κ3) is 10.2. The third-order valence-corrected chi connectivity index (χ3v) is 12.6. The fourth-order valence-corrected chi connectivity index (χ4v) is 9.18. The second-order valence-electron chi connectivity index (χ2n) is 17.9. The molecule has 4 aromatic carbocycles. The Labute approximate surface area is 365 Å². The largest absolute Gasteiger partial charge is 0.483 e. The number of allylic oxidation sites excluding steroid dienone is 1. The lowest BCUT2D eigenvalue weighted by Crippen LogP contribution is -2.52. The van der Waals surface area contributed by atoms with E-state index in [9.17, 15) is 19.5 Å². The lowest BCUT2D eigenvalue weighted by Gasteiger charge is -2.43. The van der Waals surface area contributed by atoms with E-state index in [1.165, 1.54) is 16.7 Å². The van der Waals surface area contributed by atoms with E-state index in [4.69, 9.17) is 18.6 Å². The Hall–Kier alpha value is -5.51. The Kier molecular flexibility index (Phi) is 14.1. The number of aliphatic hydroxyl groups excluding tert-OH is 1. The van der Waals surface area contributed by atoms with Gasteiger partial charge in [0.25, 0.3) is 0 Å². The minimum atomic E-state index is -1.19. The molecule has 326 valence electrons. The Morgan fingerprint density at radius 1 is 0.855 bits per heavy atom. The summed E-state index contributed by atoms with van der Waals surface area (Å²) in [5.74, 6) is -0.942. The van der Waals surface area contributed by atoms with Crippen LogP contribution in [0.3, 0.4) is 0 Å². The quantitative estimate of drug-likeness (QED) is 0.0579. The molecule has 0 amide bonds. The van der Waals surface area contributed by atoms with E-state index >= 15 is 0 Å². The molecule has 0 spiro atoms. The number of carbonyl (C=O) groups excluding carboxylic acids is 2. The number of fused-ring (bicyclic) bond motifs is 13. The van der Waals surface area contributed by atoms with E-state index in [0.29, 0.717) is 65.6 Å². The highest BCUT2D eigenvalue weighted by atomic mass is 16.6. The summed E-state index contributed by atoms with van der Waals surface area (Å²) < 4.78 is 25.8. The number of benzene rings is 4. The number of carbonyl (C=O) groups is 2. The molecule has 4 atom stereocenters. The number of ether oxygens (including phenoxy) is 3. The smallest absolute Gasteiger partial charge is 0.340 e. The molecule has 62 heavy (non-hydrogen) atoms. The molecule has 2 N–H and O–H groups in total. The van der Waals surface area contributed by atoms with Crippen molar-refractivity contribution in [3.05, 3.63) is 157 Å². The van der Waals surface area contributed by atoms with Crippen molar-refractivity contribution in [1.29, 1.82) is 0 Å². The maximum absolute atomic E-state index is 14.6. The summed E-state index contributed by atoms with van der Waals surface area (Å²) >= 11 is 0. The predicted molar refractivity (Wildman–Crippen MR) is 242 cm³/mol. The van der Waals surface area contributed by atoms with Crippen LogP contribution in [0.25, 0.3) is 11.0 Å². The van der Waals surface area contributed by atoms with Gasteiger partial charge in [-0.25, -0.2) is 9.59 Å². The Bertz CT molecular complexity index is 2460. The average Bonchev–Trinajstić information content (AvgIpc) is 3.24. The molecule has 8 rings (SSSR count). The van der Waals surface area contributed by atoms with Gasteiger partial charge in [0.1, 0.15) is 16.9 Å². The molecule has 5 aromatic rings. The monoisotopic (exact) mass is 839 g/mol. The summed E-state index contributed by atoms with van der Waals surface area (Å²) in [6, 6.07) is 31.1. The van der Waals surface area contributed by atoms with Gasteiger partial charge in [-0.1, -0.05) is 98.3 Å². The van der Waals surface area contributed by atoms with Crippen LogP contribution in [0.5, 0.6) is 5.75 Å². The minimum absolute atomic E-state index is 0.0812. The van der Waals surface area contributed by atoms with E-state index in [0.717, 1.165) is 42.5 Å². The Morgan fingerprint density at radius 3 is 2.31 bits per heavy atom. The first-order valence-corrected chi connectivity index (χ1v) is 22.2. The zero-order valence-corrected chi connectivity index (χ0v) is 37.1. The van der Waals surface area contributed by atoms with Crippen molar-refractivity contribution in [3.63, 3.8) is 0 Å². The van der Waals surface area contributed by atoms with E-state index in [2.05, 4.69) is 78.1 Å². The van der Waals surface area contributed by atoms with Crippen LogP contribution < -0.4 is 15.7 Å². The lowest BCUT2D eigenvalue weighted by atomic mass is 9.85. The third-order valence-electron chi connectivity index (χ3n) is 12.6. The normalized spacial score (nSPS) is 19.5. The van der Waals surface area contributed by atoms with Crippen molar-refractivity contribution in [2.75, 3.05) is 13.1 Å². The first-order valence-electron chi connectivity index (χ1n) is 22.2. The highest BCUT2D eigenvalue weighted by Gasteiger charge is 2.50. The summed E-state index contributed by atoms with van der Waals surface area (Å²) in [6.07, 6.45) is 2.54. The van der Waals surface area contributed by atoms with Crippen molar-refractivity contribution >= 4 is 22.9 Å². The zero-order valence-electron chi connectivity index (χ0n) is 37.1. The minimum Gasteiger partial charge on any atom is -0.483 e. The van der Waals surface area contributed by atoms with Crippen molar-refractivity contribution in [2.45, 2.75) is 123 Å². The highest BCUT2D eigenvalue weighted by Crippen LogP contribution is 2.48. The molecule has 4 heterocycles. The SMILES string of the molecule is CCNCC[C@@H](C)c1c(CO)c2ccc3c(c2oc1=O)[C@@H]1OC(=O)C[C@H](CCc2cccc(Cc4ccccc4)c2)Cc2ccc(cc2)CCC(=C(C)C)C(=O)O[C@@H]1C(C)(C)O3. The molecule has 3 aliphatic heterocycles. The van der Waals surface area contributed by atoms with Crippen LogP contribution in [0.4, 0.5) is 0 Å². The van der Waals surface area contributed by atoms with Gasteiger partial charge in [-0.05, 0) is 143 Å². The number of hydrogen-bond acceptors (Lipinski definition) is 9. The summed E-state index contributed by atoms with van der Waals surface area (Å²) in [6.45, 7) is 12.5. The Morgan fingerprint density at radius 2 is 1.58 bits per heavy atom.